The molecule has 0 radical (unpaired) electrons. The zero-order valence-corrected chi connectivity index (χ0v) is 11.7. The number of hydrogen-bond acceptors (Lipinski definition) is 6. The summed E-state index contributed by atoms with van der Waals surface area (Å²) in [5, 5.41) is 13.6. The highest BCUT2D eigenvalue weighted by molar-refractivity contribution is 7.13. The van der Waals surface area contributed by atoms with E-state index in [4.69, 9.17) is 9.84 Å². The Morgan fingerprint density at radius 1 is 1.47 bits per heavy atom. The van der Waals surface area contributed by atoms with Gasteiger partial charge in [0.1, 0.15) is 16.3 Å². The third-order valence-electron chi connectivity index (χ3n) is 2.34. The molecule has 2 N–H and O–H groups in total. The lowest BCUT2D eigenvalue weighted by molar-refractivity contribution is 0.0697. The number of aryl methyl sites for hydroxylation is 1. The fourth-order valence-corrected chi connectivity index (χ4v) is 2.95. The summed E-state index contributed by atoms with van der Waals surface area (Å²) in [4.78, 5) is 23.5. The van der Waals surface area contributed by atoms with Crippen LogP contribution in [0.5, 0.6) is 5.75 Å². The highest BCUT2D eigenvalue weighted by Gasteiger charge is 2.20. The van der Waals surface area contributed by atoms with E-state index in [2.05, 4.69) is 9.69 Å². The highest BCUT2D eigenvalue weighted by atomic mass is 32.1. The van der Waals surface area contributed by atoms with Crippen LogP contribution in [-0.2, 0) is 0 Å². The molecule has 6 nitrogen and oxygen atoms in total. The molecule has 0 saturated carbocycles. The molecule has 0 unspecified atom stereocenters. The molecular weight excluding hydrogens is 288 g/mol. The van der Waals surface area contributed by atoms with Crippen molar-refractivity contribution in [3.8, 4) is 5.75 Å². The van der Waals surface area contributed by atoms with Gasteiger partial charge in [-0.15, -0.1) is 11.3 Å². The maximum Gasteiger partial charge on any atom is 0.340 e. The number of amides is 1. The Kier molecular flexibility index (Phi) is 3.82. The molecule has 0 aromatic carbocycles. The van der Waals surface area contributed by atoms with Gasteiger partial charge in [0.25, 0.3) is 5.91 Å². The maximum atomic E-state index is 12.0. The monoisotopic (exact) mass is 298 g/mol. The van der Waals surface area contributed by atoms with Gasteiger partial charge in [-0.3, -0.25) is 4.79 Å². The van der Waals surface area contributed by atoms with Gasteiger partial charge in [-0.05, 0) is 18.5 Å². The van der Waals surface area contributed by atoms with E-state index < -0.39 is 5.97 Å². The topological polar surface area (TPSA) is 88.5 Å². The van der Waals surface area contributed by atoms with Crippen LogP contribution in [0.4, 0.5) is 5.00 Å². The van der Waals surface area contributed by atoms with E-state index >= 15 is 0 Å². The van der Waals surface area contributed by atoms with Gasteiger partial charge in [-0.1, -0.05) is 0 Å². The van der Waals surface area contributed by atoms with Gasteiger partial charge in [-0.25, -0.2) is 4.79 Å². The van der Waals surface area contributed by atoms with Gasteiger partial charge in [0.15, 0.2) is 0 Å². The molecule has 8 heteroatoms. The summed E-state index contributed by atoms with van der Waals surface area (Å²) in [6.07, 6.45) is 0. The van der Waals surface area contributed by atoms with Crippen molar-refractivity contribution < 1.29 is 19.4 Å². The minimum Gasteiger partial charge on any atom is -0.496 e. The molecule has 0 aliphatic rings. The molecule has 1 amide bonds. The second-order valence-corrected chi connectivity index (χ2v) is 5.27. The molecule has 100 valence electrons. The van der Waals surface area contributed by atoms with Gasteiger partial charge < -0.3 is 15.2 Å². The number of carbonyl (C=O) groups excluding carboxylic acids is 1. The van der Waals surface area contributed by atoms with Gasteiger partial charge >= 0.3 is 5.97 Å². The number of nitrogens with zero attached hydrogens (tertiary/aromatic N) is 1. The molecule has 0 spiro atoms. The zero-order valence-electron chi connectivity index (χ0n) is 10.1. The van der Waals surface area contributed by atoms with Crippen molar-refractivity contribution in [3.05, 3.63) is 27.6 Å². The number of nitrogens with one attached hydrogen (secondary N) is 1. The van der Waals surface area contributed by atoms with Crippen LogP contribution in [0.1, 0.15) is 25.7 Å². The average Bonchev–Trinajstić information content (AvgIpc) is 2.96. The quantitative estimate of drug-likeness (QED) is 0.905. The van der Waals surface area contributed by atoms with Gasteiger partial charge in [0.05, 0.1) is 17.7 Å². The third kappa shape index (κ3) is 2.74. The van der Waals surface area contributed by atoms with E-state index in [-0.39, 0.29) is 16.5 Å². The fourth-order valence-electron chi connectivity index (χ4n) is 1.42. The van der Waals surface area contributed by atoms with Gasteiger partial charge in [0, 0.05) is 11.4 Å². The van der Waals surface area contributed by atoms with E-state index in [0.717, 1.165) is 11.5 Å². The first-order valence-corrected chi connectivity index (χ1v) is 6.81. The number of carbonyl (C=O) groups is 2. The summed E-state index contributed by atoms with van der Waals surface area (Å²) in [6.45, 7) is 1.59. The predicted molar refractivity (Wildman–Crippen MR) is 72.6 cm³/mol. The maximum absolute atomic E-state index is 12.0. The number of rotatable bonds is 4. The Labute approximate surface area is 116 Å². The first kappa shape index (κ1) is 13.5. The Hall–Kier alpha value is -1.93. The SMILES string of the molecule is COc1csc(C(=O)Nc2snc(C)c2C(=O)O)c1. The van der Waals surface area contributed by atoms with Crippen LogP contribution in [0, 0.1) is 6.92 Å². The Morgan fingerprint density at radius 3 is 2.79 bits per heavy atom. The molecule has 0 atom stereocenters. The number of methoxy groups -OCH3 is 1. The molecule has 0 fully saturated rings. The third-order valence-corrected chi connectivity index (χ3v) is 4.10. The Balaban J connectivity index is 2.21. The van der Waals surface area contributed by atoms with E-state index in [1.807, 2.05) is 0 Å². The van der Waals surface area contributed by atoms with Crippen molar-refractivity contribution in [1.82, 2.24) is 4.37 Å². The fraction of sp³-hybridized carbons (Fsp3) is 0.182. The van der Waals surface area contributed by atoms with Gasteiger partial charge in [0.2, 0.25) is 0 Å². The van der Waals surface area contributed by atoms with Crippen LogP contribution >= 0.6 is 22.9 Å². The lowest BCUT2D eigenvalue weighted by Gasteiger charge is -2.01. The molecule has 0 bridgehead atoms. The number of carboxylic acid groups (broad SMARTS) is 1. The summed E-state index contributed by atoms with van der Waals surface area (Å²) >= 11 is 2.17. The second kappa shape index (κ2) is 5.37. The molecule has 2 aromatic rings. The number of aromatic nitrogens is 1. The van der Waals surface area contributed by atoms with Crippen LogP contribution < -0.4 is 10.1 Å². The molecule has 19 heavy (non-hydrogen) atoms. The van der Waals surface area contributed by atoms with Crippen molar-refractivity contribution in [2.24, 2.45) is 0 Å². The first-order chi connectivity index (χ1) is 9.02. The summed E-state index contributed by atoms with van der Waals surface area (Å²) < 4.78 is 8.92. The van der Waals surface area contributed by atoms with Crippen LogP contribution in [0.15, 0.2) is 11.4 Å². The van der Waals surface area contributed by atoms with Gasteiger partial charge in [-0.2, -0.15) is 4.37 Å². The lowest BCUT2D eigenvalue weighted by atomic mass is 10.2. The smallest absolute Gasteiger partial charge is 0.340 e. The number of hydrogen-bond donors (Lipinski definition) is 2. The molecule has 0 aliphatic carbocycles. The summed E-state index contributed by atoms with van der Waals surface area (Å²) in [6, 6.07) is 1.59. The van der Waals surface area contributed by atoms with Crippen molar-refractivity contribution in [1.29, 1.82) is 0 Å². The van der Waals surface area contributed by atoms with Crippen molar-refractivity contribution in [3.63, 3.8) is 0 Å². The van der Waals surface area contributed by atoms with E-state index in [1.165, 1.54) is 18.4 Å². The van der Waals surface area contributed by atoms with Crippen LogP contribution in [0.25, 0.3) is 0 Å². The number of anilines is 1. The molecule has 0 aliphatic heterocycles. The molecule has 2 rings (SSSR count). The highest BCUT2D eigenvalue weighted by Crippen LogP contribution is 2.27. The standard InChI is InChI=1S/C11H10N2O4S2/c1-5-8(11(15)16)10(19-13-5)12-9(14)7-3-6(17-2)4-18-7/h3-4H,1-2H3,(H,12,14)(H,15,16). The minimum absolute atomic E-state index is 0.0295. The molecule has 0 saturated heterocycles. The molecule has 2 heterocycles. The van der Waals surface area contributed by atoms with E-state index in [1.54, 1.807) is 18.4 Å². The number of aromatic carboxylic acids is 1. The normalized spacial score (nSPS) is 10.2. The molecule has 2 aromatic heterocycles. The minimum atomic E-state index is -1.11. The van der Waals surface area contributed by atoms with E-state index in [9.17, 15) is 9.59 Å². The Bertz CT molecular complexity index is 632. The van der Waals surface area contributed by atoms with Crippen molar-refractivity contribution in [2.45, 2.75) is 6.92 Å². The first-order valence-electron chi connectivity index (χ1n) is 5.16. The average molecular weight is 298 g/mol. The number of carboxylic acids is 1. The van der Waals surface area contributed by atoms with Crippen LogP contribution in [0.2, 0.25) is 0 Å². The van der Waals surface area contributed by atoms with E-state index in [0.29, 0.717) is 16.3 Å². The summed E-state index contributed by atoms with van der Waals surface area (Å²) in [5.41, 5.74) is 0.415. The lowest BCUT2D eigenvalue weighted by Crippen LogP contribution is -2.12. The zero-order chi connectivity index (χ0) is 14.0. The van der Waals surface area contributed by atoms with Crippen LogP contribution in [0.3, 0.4) is 0 Å². The molecular formula is C11H10N2O4S2. The number of thiophene rings is 1. The summed E-state index contributed by atoms with van der Waals surface area (Å²) in [5.74, 6) is -0.890. The van der Waals surface area contributed by atoms with Crippen molar-refractivity contribution in [2.75, 3.05) is 12.4 Å². The van der Waals surface area contributed by atoms with Crippen molar-refractivity contribution >= 4 is 39.7 Å². The largest absolute Gasteiger partial charge is 0.496 e. The number of ether oxygens (including phenoxy) is 1. The van der Waals surface area contributed by atoms with Crippen LogP contribution in [-0.4, -0.2) is 28.5 Å². The summed E-state index contributed by atoms with van der Waals surface area (Å²) in [7, 11) is 1.51. The predicted octanol–water partition coefficient (Wildman–Crippen LogP) is 2.47. The Morgan fingerprint density at radius 2 is 2.21 bits per heavy atom. The second-order valence-electron chi connectivity index (χ2n) is 3.58.